The van der Waals surface area contributed by atoms with Crippen molar-refractivity contribution in [3.63, 3.8) is 0 Å². The molecule has 138 valence electrons. The quantitative estimate of drug-likeness (QED) is 0.876. The van der Waals surface area contributed by atoms with Crippen LogP contribution in [0, 0.1) is 0 Å². The van der Waals surface area contributed by atoms with E-state index in [-0.39, 0.29) is 5.91 Å². The first-order valence-corrected chi connectivity index (χ1v) is 9.31. The molecule has 1 aromatic carbocycles. The molecule has 3 aliphatic rings. The number of para-hydroxylation sites is 1. The van der Waals surface area contributed by atoms with Crippen LogP contribution in [0.3, 0.4) is 0 Å². The summed E-state index contributed by atoms with van der Waals surface area (Å²) in [5, 5.41) is 2.78. The molecule has 0 radical (unpaired) electrons. The van der Waals surface area contributed by atoms with Crippen molar-refractivity contribution in [1.29, 1.82) is 0 Å². The Morgan fingerprint density at radius 2 is 2.04 bits per heavy atom. The number of benzene rings is 1. The van der Waals surface area contributed by atoms with Gasteiger partial charge in [-0.2, -0.15) is 0 Å². The fourth-order valence-electron chi connectivity index (χ4n) is 3.58. The lowest BCUT2D eigenvalue weighted by atomic mass is 10.1. The van der Waals surface area contributed by atoms with E-state index in [0.29, 0.717) is 32.8 Å². The van der Waals surface area contributed by atoms with E-state index in [1.54, 1.807) is 0 Å². The third kappa shape index (κ3) is 3.27. The summed E-state index contributed by atoms with van der Waals surface area (Å²) in [4.78, 5) is 16.6. The number of nitrogens with zero attached hydrogens (tertiary/aromatic N) is 3. The second-order valence-corrected chi connectivity index (χ2v) is 7.11. The number of rotatable bonds is 3. The molecule has 0 aliphatic carbocycles. The predicted molar refractivity (Wildman–Crippen MR) is 102 cm³/mol. The van der Waals surface area contributed by atoms with Crippen molar-refractivity contribution in [2.45, 2.75) is 6.92 Å². The summed E-state index contributed by atoms with van der Waals surface area (Å²) in [7, 11) is 0. The zero-order valence-electron chi connectivity index (χ0n) is 14.9. The molecule has 1 aromatic rings. The average molecular weight is 375 g/mol. The molecule has 6 nitrogen and oxygen atoms in total. The smallest absolute Gasteiger partial charge is 0.242 e. The number of halogens is 1. The van der Waals surface area contributed by atoms with Crippen molar-refractivity contribution < 1.29 is 9.53 Å². The Bertz CT molecular complexity index is 771. The summed E-state index contributed by atoms with van der Waals surface area (Å²) in [6.07, 6.45) is 2.14. The van der Waals surface area contributed by atoms with E-state index in [9.17, 15) is 4.79 Å². The molecule has 0 atom stereocenters. The molecule has 1 N–H and O–H groups in total. The van der Waals surface area contributed by atoms with Crippen LogP contribution in [0.1, 0.15) is 6.92 Å². The lowest BCUT2D eigenvalue weighted by Crippen LogP contribution is -2.46. The van der Waals surface area contributed by atoms with Crippen LogP contribution in [-0.2, 0) is 9.53 Å². The maximum Gasteiger partial charge on any atom is 0.242 e. The van der Waals surface area contributed by atoms with E-state index < -0.39 is 0 Å². The molecule has 3 heterocycles. The normalized spacial score (nSPS) is 20.1. The molecular formula is C19H23ClN4O2. The largest absolute Gasteiger partial charge is 0.378 e. The highest BCUT2D eigenvalue weighted by molar-refractivity contribution is 6.33. The molecule has 26 heavy (non-hydrogen) atoms. The molecule has 2 fully saturated rings. The number of nitrogens with one attached hydrogen (secondary N) is 1. The standard InChI is InChI=1S/C19H23ClN4O2/c1-14-15-12-24(18-5-3-2-4-16(18)20)21-17(15)6-7-23(14)13-19(25)22-8-10-26-11-9-22/h2-6,21H,7-13H2,1H3. The SMILES string of the molecule is CC1=C2CN(c3ccccc3Cl)NC2=CCN1CC(=O)N1CCOCC1. The molecule has 0 aromatic heterocycles. The van der Waals surface area contributed by atoms with Gasteiger partial charge >= 0.3 is 0 Å². The van der Waals surface area contributed by atoms with E-state index in [0.717, 1.165) is 35.2 Å². The van der Waals surface area contributed by atoms with Crippen LogP contribution in [0.4, 0.5) is 5.69 Å². The van der Waals surface area contributed by atoms with Crippen molar-refractivity contribution >= 4 is 23.2 Å². The van der Waals surface area contributed by atoms with E-state index in [1.165, 1.54) is 5.57 Å². The predicted octanol–water partition coefficient (Wildman–Crippen LogP) is 2.00. The highest BCUT2D eigenvalue weighted by Gasteiger charge is 2.30. The lowest BCUT2D eigenvalue weighted by Gasteiger charge is -2.32. The Balaban J connectivity index is 1.48. The van der Waals surface area contributed by atoms with E-state index in [4.69, 9.17) is 16.3 Å². The van der Waals surface area contributed by atoms with Gasteiger partial charge in [-0.25, -0.2) is 0 Å². The van der Waals surface area contributed by atoms with Crippen molar-refractivity contribution in [3.8, 4) is 0 Å². The summed E-state index contributed by atoms with van der Waals surface area (Å²) in [6, 6.07) is 7.80. The van der Waals surface area contributed by atoms with Gasteiger partial charge in [0.25, 0.3) is 0 Å². The summed E-state index contributed by atoms with van der Waals surface area (Å²) in [6.45, 7) is 6.58. The molecular weight excluding hydrogens is 352 g/mol. The molecule has 0 unspecified atom stereocenters. The highest BCUT2D eigenvalue weighted by Crippen LogP contribution is 2.32. The molecule has 0 bridgehead atoms. The van der Waals surface area contributed by atoms with Crippen molar-refractivity contribution in [3.05, 3.63) is 52.3 Å². The number of hydrogen-bond donors (Lipinski definition) is 1. The second-order valence-electron chi connectivity index (χ2n) is 6.70. The summed E-state index contributed by atoms with van der Waals surface area (Å²) in [5.74, 6) is 0.166. The van der Waals surface area contributed by atoms with Gasteiger partial charge in [0.15, 0.2) is 0 Å². The number of carbonyl (C=O) groups excluding carboxylic acids is 1. The van der Waals surface area contributed by atoms with Gasteiger partial charge in [0.2, 0.25) is 5.91 Å². The van der Waals surface area contributed by atoms with Crippen LogP contribution in [0.5, 0.6) is 0 Å². The Hall–Kier alpha value is -2.18. The van der Waals surface area contributed by atoms with Gasteiger partial charge in [-0.15, -0.1) is 0 Å². The monoisotopic (exact) mass is 374 g/mol. The Kier molecular flexibility index (Phi) is 4.78. The van der Waals surface area contributed by atoms with Gasteiger partial charge in [-0.3, -0.25) is 15.2 Å². The first-order chi connectivity index (χ1) is 12.6. The summed E-state index contributed by atoms with van der Waals surface area (Å²) < 4.78 is 5.33. The van der Waals surface area contributed by atoms with Gasteiger partial charge in [0.05, 0.1) is 42.7 Å². The molecule has 3 aliphatic heterocycles. The number of hydrogen-bond acceptors (Lipinski definition) is 5. The van der Waals surface area contributed by atoms with Crippen molar-refractivity contribution in [2.24, 2.45) is 0 Å². The van der Waals surface area contributed by atoms with E-state index in [2.05, 4.69) is 28.3 Å². The number of ether oxygens (including phenoxy) is 1. The van der Waals surface area contributed by atoms with Crippen molar-refractivity contribution in [2.75, 3.05) is 50.9 Å². The van der Waals surface area contributed by atoms with Crippen LogP contribution in [0.25, 0.3) is 0 Å². The maximum absolute atomic E-state index is 12.6. The van der Waals surface area contributed by atoms with Crippen LogP contribution in [0.2, 0.25) is 5.02 Å². The number of amides is 1. The molecule has 0 saturated carbocycles. The number of fused-ring (bicyclic) bond motifs is 1. The van der Waals surface area contributed by atoms with Gasteiger partial charge in [0, 0.05) is 30.9 Å². The molecule has 7 heteroatoms. The van der Waals surface area contributed by atoms with E-state index >= 15 is 0 Å². The number of hydrazine groups is 1. The van der Waals surface area contributed by atoms with Gasteiger partial charge in [0.1, 0.15) is 0 Å². The molecule has 4 rings (SSSR count). The zero-order valence-corrected chi connectivity index (χ0v) is 15.6. The topological polar surface area (TPSA) is 48.0 Å². The van der Waals surface area contributed by atoms with Crippen LogP contribution >= 0.6 is 11.6 Å². The molecule has 0 spiro atoms. The van der Waals surface area contributed by atoms with Crippen LogP contribution < -0.4 is 10.4 Å². The Morgan fingerprint density at radius 3 is 2.81 bits per heavy atom. The van der Waals surface area contributed by atoms with Gasteiger partial charge in [-0.05, 0) is 25.1 Å². The first-order valence-electron chi connectivity index (χ1n) is 8.93. The van der Waals surface area contributed by atoms with Crippen LogP contribution in [-0.4, -0.2) is 61.6 Å². The molecule has 2 saturated heterocycles. The lowest BCUT2D eigenvalue weighted by molar-refractivity contribution is -0.135. The Labute approximate surface area is 158 Å². The second kappa shape index (κ2) is 7.21. The van der Waals surface area contributed by atoms with E-state index in [1.807, 2.05) is 29.2 Å². The first kappa shape index (κ1) is 17.2. The van der Waals surface area contributed by atoms with Crippen molar-refractivity contribution in [1.82, 2.24) is 15.2 Å². The fourth-order valence-corrected chi connectivity index (χ4v) is 3.82. The average Bonchev–Trinajstić information content (AvgIpc) is 3.10. The number of morpholine rings is 1. The third-order valence-electron chi connectivity index (χ3n) is 5.16. The number of carbonyl (C=O) groups is 1. The number of allylic oxidation sites excluding steroid dienone is 1. The summed E-state index contributed by atoms with van der Waals surface area (Å²) in [5.41, 5.74) is 7.86. The zero-order chi connectivity index (χ0) is 18.1. The maximum atomic E-state index is 12.6. The minimum Gasteiger partial charge on any atom is -0.378 e. The molecule has 1 amide bonds. The third-order valence-corrected chi connectivity index (χ3v) is 5.48. The van der Waals surface area contributed by atoms with Gasteiger partial charge in [-0.1, -0.05) is 23.7 Å². The summed E-state index contributed by atoms with van der Waals surface area (Å²) >= 11 is 6.33. The number of anilines is 1. The Morgan fingerprint density at radius 1 is 1.27 bits per heavy atom. The van der Waals surface area contributed by atoms with Gasteiger partial charge < -0.3 is 14.5 Å². The highest BCUT2D eigenvalue weighted by atomic mass is 35.5. The van der Waals surface area contributed by atoms with Crippen LogP contribution in [0.15, 0.2) is 47.3 Å². The minimum atomic E-state index is 0.166. The fraction of sp³-hybridized carbons (Fsp3) is 0.421. The minimum absolute atomic E-state index is 0.166.